The van der Waals surface area contributed by atoms with Crippen molar-refractivity contribution in [2.75, 3.05) is 25.5 Å². The summed E-state index contributed by atoms with van der Waals surface area (Å²) in [5.41, 5.74) is 2.49. The molecule has 7 heteroatoms. The number of urea groups is 1. The molecule has 2 heterocycles. The summed E-state index contributed by atoms with van der Waals surface area (Å²) in [6.07, 6.45) is 1.67. The molecule has 0 aliphatic rings. The molecule has 118 valence electrons. The van der Waals surface area contributed by atoms with Crippen molar-refractivity contribution in [1.29, 1.82) is 0 Å². The van der Waals surface area contributed by atoms with Crippen LogP contribution in [0.25, 0.3) is 22.7 Å². The molecule has 0 aliphatic heterocycles. The molecule has 0 spiro atoms. The second-order valence-electron chi connectivity index (χ2n) is 4.99. The third-order valence-corrected chi connectivity index (χ3v) is 3.31. The monoisotopic (exact) mass is 312 g/mol. The van der Waals surface area contributed by atoms with Gasteiger partial charge in [0.05, 0.1) is 6.61 Å². The van der Waals surface area contributed by atoms with Gasteiger partial charge in [-0.1, -0.05) is 6.07 Å². The van der Waals surface area contributed by atoms with E-state index in [1.165, 1.54) is 4.90 Å². The van der Waals surface area contributed by atoms with E-state index < -0.39 is 0 Å². The minimum atomic E-state index is -0.303. The van der Waals surface area contributed by atoms with Crippen LogP contribution in [-0.2, 0) is 0 Å². The number of pyridine rings is 1. The summed E-state index contributed by atoms with van der Waals surface area (Å²) >= 11 is 0. The van der Waals surface area contributed by atoms with Gasteiger partial charge in [-0.15, -0.1) is 0 Å². The molecule has 0 atom stereocenters. The maximum absolute atomic E-state index is 11.9. The van der Waals surface area contributed by atoms with Crippen LogP contribution in [0.15, 0.2) is 47.0 Å². The molecule has 7 nitrogen and oxygen atoms in total. The van der Waals surface area contributed by atoms with E-state index in [1.54, 1.807) is 31.4 Å². The molecule has 0 fully saturated rings. The molecule has 3 rings (SSSR count). The Hall–Kier alpha value is -2.93. The van der Waals surface area contributed by atoms with Crippen LogP contribution in [0.4, 0.5) is 10.5 Å². The van der Waals surface area contributed by atoms with Gasteiger partial charge in [0.25, 0.3) is 0 Å². The second-order valence-corrected chi connectivity index (χ2v) is 4.99. The fourth-order valence-electron chi connectivity index (χ4n) is 2.07. The van der Waals surface area contributed by atoms with Crippen LogP contribution in [0.1, 0.15) is 0 Å². The molecule has 0 saturated carbocycles. The van der Waals surface area contributed by atoms with Gasteiger partial charge in [-0.25, -0.2) is 9.78 Å². The Bertz CT molecular complexity index is 817. The maximum atomic E-state index is 11.9. The number of anilines is 1. The number of aromatic nitrogens is 2. The Kier molecular flexibility index (Phi) is 4.20. The molecule has 2 N–H and O–H groups in total. The molecule has 0 bridgehead atoms. The number of carbonyl (C=O) groups excluding carboxylic acids is 1. The smallest absolute Gasteiger partial charge is 0.321 e. The van der Waals surface area contributed by atoms with Crippen molar-refractivity contribution in [3.8, 4) is 11.6 Å². The van der Waals surface area contributed by atoms with Crippen LogP contribution in [0.3, 0.4) is 0 Å². The molecular weight excluding hydrogens is 296 g/mol. The van der Waals surface area contributed by atoms with Crippen LogP contribution in [0, 0.1) is 0 Å². The first-order valence-electron chi connectivity index (χ1n) is 7.12. The highest BCUT2D eigenvalue weighted by Crippen LogP contribution is 2.25. The SMILES string of the molecule is CN(CCO)C(=O)Nc1ccc2nc(-c3ccccn3)oc2c1. The number of rotatable bonds is 4. The summed E-state index contributed by atoms with van der Waals surface area (Å²) in [4.78, 5) is 21.9. The number of likely N-dealkylation sites (N-methyl/N-ethyl adjacent to an activating group) is 1. The van der Waals surface area contributed by atoms with Gasteiger partial charge in [-0.2, -0.15) is 0 Å². The number of nitrogens with one attached hydrogen (secondary N) is 1. The Morgan fingerprint density at radius 2 is 2.22 bits per heavy atom. The van der Waals surface area contributed by atoms with E-state index in [9.17, 15) is 4.79 Å². The zero-order valence-electron chi connectivity index (χ0n) is 12.6. The van der Waals surface area contributed by atoms with Crippen LogP contribution >= 0.6 is 0 Å². The van der Waals surface area contributed by atoms with Gasteiger partial charge in [-0.05, 0) is 24.3 Å². The molecule has 2 aromatic heterocycles. The van der Waals surface area contributed by atoms with E-state index in [1.807, 2.05) is 18.2 Å². The predicted octanol–water partition coefficient (Wildman–Crippen LogP) is 2.35. The fourth-order valence-corrected chi connectivity index (χ4v) is 2.07. The standard InChI is InChI=1S/C16H16N4O3/c1-20(8-9-21)16(22)18-11-5-6-12-14(10-11)23-15(19-12)13-4-2-3-7-17-13/h2-7,10,21H,8-9H2,1H3,(H,18,22). The zero-order valence-corrected chi connectivity index (χ0v) is 12.6. The molecule has 2 amide bonds. The highest BCUT2D eigenvalue weighted by Gasteiger charge is 2.12. The summed E-state index contributed by atoms with van der Waals surface area (Å²) in [7, 11) is 1.61. The molecule has 0 aliphatic carbocycles. The first-order valence-corrected chi connectivity index (χ1v) is 7.12. The van der Waals surface area contributed by atoms with Gasteiger partial charge in [-0.3, -0.25) is 4.98 Å². The van der Waals surface area contributed by atoms with Crippen LogP contribution in [0.2, 0.25) is 0 Å². The molecule has 0 radical (unpaired) electrons. The topological polar surface area (TPSA) is 91.5 Å². The summed E-state index contributed by atoms with van der Waals surface area (Å²) in [6.45, 7) is 0.179. The Labute approximate surface area is 132 Å². The number of fused-ring (bicyclic) bond motifs is 1. The lowest BCUT2D eigenvalue weighted by Gasteiger charge is -2.16. The van der Waals surface area contributed by atoms with E-state index in [4.69, 9.17) is 9.52 Å². The number of hydrogen-bond acceptors (Lipinski definition) is 5. The van der Waals surface area contributed by atoms with Crippen molar-refractivity contribution in [2.24, 2.45) is 0 Å². The van der Waals surface area contributed by atoms with Gasteiger partial charge < -0.3 is 19.7 Å². The van der Waals surface area contributed by atoms with Crippen LogP contribution in [0.5, 0.6) is 0 Å². The van der Waals surface area contributed by atoms with E-state index in [0.29, 0.717) is 28.4 Å². The van der Waals surface area contributed by atoms with Crippen molar-refractivity contribution < 1.29 is 14.3 Å². The third-order valence-electron chi connectivity index (χ3n) is 3.31. The minimum absolute atomic E-state index is 0.0848. The highest BCUT2D eigenvalue weighted by molar-refractivity contribution is 5.91. The zero-order chi connectivity index (χ0) is 16.2. The Morgan fingerprint density at radius 3 is 2.96 bits per heavy atom. The Balaban J connectivity index is 1.83. The van der Waals surface area contributed by atoms with Crippen molar-refractivity contribution in [3.63, 3.8) is 0 Å². The lowest BCUT2D eigenvalue weighted by Crippen LogP contribution is -2.33. The summed E-state index contributed by atoms with van der Waals surface area (Å²) in [6, 6.07) is 10.4. The summed E-state index contributed by atoms with van der Waals surface area (Å²) in [5, 5.41) is 11.6. The molecule has 23 heavy (non-hydrogen) atoms. The molecular formula is C16H16N4O3. The number of nitrogens with zero attached hydrogens (tertiary/aromatic N) is 3. The quantitative estimate of drug-likeness (QED) is 0.771. The van der Waals surface area contributed by atoms with Crippen LogP contribution < -0.4 is 5.32 Å². The Morgan fingerprint density at radius 1 is 1.35 bits per heavy atom. The van der Waals surface area contributed by atoms with Gasteiger partial charge in [0.15, 0.2) is 5.58 Å². The highest BCUT2D eigenvalue weighted by atomic mass is 16.3. The number of amides is 2. The second kappa shape index (κ2) is 6.45. The fraction of sp³-hybridized carbons (Fsp3) is 0.188. The van der Waals surface area contributed by atoms with Crippen molar-refractivity contribution in [2.45, 2.75) is 0 Å². The molecule has 3 aromatic rings. The van der Waals surface area contributed by atoms with E-state index in [0.717, 1.165) is 0 Å². The normalized spacial score (nSPS) is 10.7. The lowest BCUT2D eigenvalue weighted by atomic mass is 10.3. The number of aliphatic hydroxyl groups excluding tert-OH is 1. The largest absolute Gasteiger partial charge is 0.435 e. The predicted molar refractivity (Wildman–Crippen MR) is 86.0 cm³/mol. The molecule has 0 saturated heterocycles. The average molecular weight is 312 g/mol. The van der Waals surface area contributed by atoms with Crippen molar-refractivity contribution >= 4 is 22.8 Å². The molecule has 1 aromatic carbocycles. The van der Waals surface area contributed by atoms with E-state index in [-0.39, 0.29) is 19.2 Å². The van der Waals surface area contributed by atoms with E-state index >= 15 is 0 Å². The summed E-state index contributed by atoms with van der Waals surface area (Å²) in [5.74, 6) is 0.432. The first-order chi connectivity index (χ1) is 11.2. The van der Waals surface area contributed by atoms with E-state index in [2.05, 4.69) is 15.3 Å². The van der Waals surface area contributed by atoms with Gasteiger partial charge >= 0.3 is 6.03 Å². The number of hydrogen-bond donors (Lipinski definition) is 2. The minimum Gasteiger partial charge on any atom is -0.435 e. The number of benzene rings is 1. The number of carbonyl (C=O) groups is 1. The van der Waals surface area contributed by atoms with Crippen LogP contribution in [-0.4, -0.2) is 46.2 Å². The first kappa shape index (κ1) is 15.0. The van der Waals surface area contributed by atoms with Crippen molar-refractivity contribution in [1.82, 2.24) is 14.9 Å². The van der Waals surface area contributed by atoms with Gasteiger partial charge in [0.1, 0.15) is 11.2 Å². The summed E-state index contributed by atoms with van der Waals surface area (Å²) < 4.78 is 5.71. The van der Waals surface area contributed by atoms with Gasteiger partial charge in [0.2, 0.25) is 5.89 Å². The number of oxazole rings is 1. The average Bonchev–Trinajstić information content (AvgIpc) is 2.99. The molecule has 0 unspecified atom stereocenters. The van der Waals surface area contributed by atoms with Gasteiger partial charge in [0, 0.05) is 31.5 Å². The number of aliphatic hydroxyl groups is 1. The van der Waals surface area contributed by atoms with Crippen molar-refractivity contribution in [3.05, 3.63) is 42.6 Å². The lowest BCUT2D eigenvalue weighted by molar-refractivity contribution is 0.202. The third kappa shape index (κ3) is 3.29. The maximum Gasteiger partial charge on any atom is 0.321 e.